The van der Waals surface area contributed by atoms with Crippen molar-refractivity contribution in [3.8, 4) is 0 Å². The molecular formula is C13H22N2O3S. The Morgan fingerprint density at radius 1 is 1.47 bits per heavy atom. The third-order valence-corrected chi connectivity index (χ3v) is 5.89. The highest BCUT2D eigenvalue weighted by Crippen LogP contribution is 2.42. The van der Waals surface area contributed by atoms with Gasteiger partial charge in [0.2, 0.25) is 0 Å². The Balaban J connectivity index is 1.91. The average Bonchev–Trinajstić information content (AvgIpc) is 2.70. The summed E-state index contributed by atoms with van der Waals surface area (Å²) in [5.74, 6) is -0.871. The normalized spacial score (nSPS) is 28.8. The molecule has 0 bridgehead atoms. The number of carboxylic acids is 1. The molecule has 2 aliphatic rings. The van der Waals surface area contributed by atoms with E-state index < -0.39 is 12.0 Å². The summed E-state index contributed by atoms with van der Waals surface area (Å²) in [6.45, 7) is 3.07. The van der Waals surface area contributed by atoms with Crippen molar-refractivity contribution in [1.82, 2.24) is 10.2 Å². The van der Waals surface area contributed by atoms with Crippen LogP contribution >= 0.6 is 11.8 Å². The number of nitrogens with zero attached hydrogens (tertiary/aromatic N) is 1. The number of carbonyl (C=O) groups excluding carboxylic acids is 1. The number of aliphatic carboxylic acids is 1. The maximum atomic E-state index is 12.2. The van der Waals surface area contributed by atoms with E-state index in [2.05, 4.69) is 11.6 Å². The molecule has 2 N–H and O–H groups in total. The summed E-state index contributed by atoms with van der Waals surface area (Å²) >= 11 is 1.80. The lowest BCUT2D eigenvalue weighted by atomic mass is 9.84. The number of carboxylic acid groups (broad SMARTS) is 1. The van der Waals surface area contributed by atoms with Crippen LogP contribution in [0, 0.1) is 5.92 Å². The minimum Gasteiger partial charge on any atom is -0.480 e. The van der Waals surface area contributed by atoms with E-state index in [0.717, 1.165) is 19.3 Å². The number of carbonyl (C=O) groups is 2. The molecule has 0 spiro atoms. The monoisotopic (exact) mass is 286 g/mol. The number of nitrogens with one attached hydrogen (secondary N) is 1. The zero-order valence-electron chi connectivity index (χ0n) is 11.5. The van der Waals surface area contributed by atoms with E-state index in [1.807, 2.05) is 6.92 Å². The fourth-order valence-electron chi connectivity index (χ4n) is 2.91. The van der Waals surface area contributed by atoms with Gasteiger partial charge in [0.1, 0.15) is 6.04 Å². The van der Waals surface area contributed by atoms with Gasteiger partial charge in [0, 0.05) is 17.8 Å². The number of hydrogen-bond acceptors (Lipinski definition) is 3. The highest BCUT2D eigenvalue weighted by atomic mass is 32.2. The minimum atomic E-state index is -0.900. The molecule has 2 atom stereocenters. The van der Waals surface area contributed by atoms with Crippen LogP contribution < -0.4 is 5.32 Å². The number of likely N-dealkylation sites (tertiary alicyclic amines) is 1. The molecule has 19 heavy (non-hydrogen) atoms. The van der Waals surface area contributed by atoms with Crippen LogP contribution in [0.2, 0.25) is 0 Å². The SMILES string of the molecule is CSC1(CNC(=O)N2CCC(C)C2C(=O)O)CCC1. The Labute approximate surface area is 118 Å². The van der Waals surface area contributed by atoms with Crippen LogP contribution in [0.1, 0.15) is 32.6 Å². The van der Waals surface area contributed by atoms with Crippen molar-refractivity contribution >= 4 is 23.8 Å². The van der Waals surface area contributed by atoms with Gasteiger partial charge in [0.05, 0.1) is 0 Å². The smallest absolute Gasteiger partial charge is 0.326 e. The maximum Gasteiger partial charge on any atom is 0.326 e. The first-order chi connectivity index (χ1) is 8.99. The Bertz CT molecular complexity index is 365. The Morgan fingerprint density at radius 2 is 2.16 bits per heavy atom. The minimum absolute atomic E-state index is 0.0291. The summed E-state index contributed by atoms with van der Waals surface area (Å²) in [6.07, 6.45) is 6.32. The van der Waals surface area contributed by atoms with E-state index in [9.17, 15) is 14.7 Å². The number of amides is 2. The van der Waals surface area contributed by atoms with Gasteiger partial charge in [0.25, 0.3) is 0 Å². The fraction of sp³-hybridized carbons (Fsp3) is 0.846. The average molecular weight is 286 g/mol. The lowest BCUT2D eigenvalue weighted by molar-refractivity contribution is -0.142. The molecule has 2 rings (SSSR count). The standard InChI is InChI=1S/C13H22N2O3S/c1-9-4-7-15(10(9)11(16)17)12(18)14-8-13(19-2)5-3-6-13/h9-10H,3-8H2,1-2H3,(H,14,18)(H,16,17). The summed E-state index contributed by atoms with van der Waals surface area (Å²) in [5.41, 5.74) is 0. The van der Waals surface area contributed by atoms with Gasteiger partial charge < -0.3 is 15.3 Å². The molecule has 2 unspecified atom stereocenters. The molecule has 0 aromatic heterocycles. The predicted octanol–water partition coefficient (Wildman–Crippen LogP) is 1.78. The second-order valence-electron chi connectivity index (χ2n) is 5.64. The molecule has 1 aliphatic heterocycles. The van der Waals surface area contributed by atoms with Gasteiger partial charge in [-0.15, -0.1) is 0 Å². The summed E-state index contributed by atoms with van der Waals surface area (Å²) < 4.78 is 0.180. The fourth-order valence-corrected chi connectivity index (χ4v) is 3.83. The third kappa shape index (κ3) is 2.83. The molecule has 2 amide bonds. The van der Waals surface area contributed by atoms with Crippen LogP contribution in [0.3, 0.4) is 0 Å². The van der Waals surface area contributed by atoms with Crippen molar-refractivity contribution in [2.45, 2.75) is 43.4 Å². The van der Waals surface area contributed by atoms with Crippen molar-refractivity contribution in [3.63, 3.8) is 0 Å². The number of hydrogen-bond donors (Lipinski definition) is 2. The van der Waals surface area contributed by atoms with Crippen LogP contribution in [-0.4, -0.2) is 52.1 Å². The molecule has 1 aliphatic carbocycles. The van der Waals surface area contributed by atoms with Crippen molar-refractivity contribution in [1.29, 1.82) is 0 Å². The van der Waals surface area contributed by atoms with E-state index >= 15 is 0 Å². The first-order valence-corrected chi connectivity index (χ1v) is 8.04. The topological polar surface area (TPSA) is 69.6 Å². The molecule has 5 nitrogen and oxygen atoms in total. The molecule has 108 valence electrons. The maximum absolute atomic E-state index is 12.2. The lowest BCUT2D eigenvalue weighted by Gasteiger charge is -2.40. The van der Waals surface area contributed by atoms with E-state index in [-0.39, 0.29) is 16.7 Å². The Morgan fingerprint density at radius 3 is 2.63 bits per heavy atom. The van der Waals surface area contributed by atoms with Gasteiger partial charge >= 0.3 is 12.0 Å². The first kappa shape index (κ1) is 14.5. The summed E-state index contributed by atoms with van der Waals surface area (Å²) in [7, 11) is 0. The van der Waals surface area contributed by atoms with E-state index in [0.29, 0.717) is 13.1 Å². The van der Waals surface area contributed by atoms with Gasteiger partial charge in [-0.1, -0.05) is 13.3 Å². The largest absolute Gasteiger partial charge is 0.480 e. The Hall–Kier alpha value is -0.910. The van der Waals surface area contributed by atoms with Gasteiger partial charge in [-0.3, -0.25) is 0 Å². The van der Waals surface area contributed by atoms with Crippen LogP contribution in [0.4, 0.5) is 4.79 Å². The van der Waals surface area contributed by atoms with Crippen LogP contribution in [-0.2, 0) is 4.79 Å². The van der Waals surface area contributed by atoms with Crippen molar-refractivity contribution in [2.75, 3.05) is 19.3 Å². The van der Waals surface area contributed by atoms with Crippen molar-refractivity contribution < 1.29 is 14.7 Å². The predicted molar refractivity (Wildman–Crippen MR) is 75.4 cm³/mol. The first-order valence-electron chi connectivity index (χ1n) is 6.81. The molecule has 1 saturated heterocycles. The molecule has 2 fully saturated rings. The highest BCUT2D eigenvalue weighted by Gasteiger charge is 2.41. The summed E-state index contributed by atoms with van der Waals surface area (Å²) in [6, 6.07) is -0.899. The van der Waals surface area contributed by atoms with Crippen LogP contribution in [0.5, 0.6) is 0 Å². The second kappa shape index (κ2) is 5.61. The van der Waals surface area contributed by atoms with Crippen LogP contribution in [0.25, 0.3) is 0 Å². The highest BCUT2D eigenvalue weighted by molar-refractivity contribution is 8.00. The quantitative estimate of drug-likeness (QED) is 0.826. The molecule has 0 aromatic carbocycles. The molecule has 0 aromatic rings. The summed E-state index contributed by atoms with van der Waals surface area (Å²) in [5, 5.41) is 12.1. The van der Waals surface area contributed by atoms with E-state index in [1.54, 1.807) is 11.8 Å². The van der Waals surface area contributed by atoms with Crippen molar-refractivity contribution in [2.24, 2.45) is 5.92 Å². The lowest BCUT2D eigenvalue weighted by Crippen LogP contribution is -2.52. The summed E-state index contributed by atoms with van der Waals surface area (Å²) in [4.78, 5) is 24.8. The molecule has 6 heteroatoms. The van der Waals surface area contributed by atoms with Gasteiger partial charge in [-0.2, -0.15) is 11.8 Å². The van der Waals surface area contributed by atoms with E-state index in [4.69, 9.17) is 0 Å². The van der Waals surface area contributed by atoms with Gasteiger partial charge in [-0.05, 0) is 31.4 Å². The second-order valence-corrected chi connectivity index (χ2v) is 6.92. The number of thioether (sulfide) groups is 1. The zero-order valence-corrected chi connectivity index (χ0v) is 12.3. The Kier molecular flexibility index (Phi) is 4.28. The molecule has 1 saturated carbocycles. The zero-order chi connectivity index (χ0) is 14.0. The molecule has 1 heterocycles. The van der Waals surface area contributed by atoms with Gasteiger partial charge in [-0.25, -0.2) is 9.59 Å². The van der Waals surface area contributed by atoms with Crippen molar-refractivity contribution in [3.05, 3.63) is 0 Å². The number of rotatable bonds is 4. The third-order valence-electron chi connectivity index (χ3n) is 4.47. The molecule has 0 radical (unpaired) electrons. The van der Waals surface area contributed by atoms with Gasteiger partial charge in [0.15, 0.2) is 0 Å². The van der Waals surface area contributed by atoms with Crippen LogP contribution in [0.15, 0.2) is 0 Å². The number of urea groups is 1. The molecular weight excluding hydrogens is 264 g/mol. The van der Waals surface area contributed by atoms with E-state index in [1.165, 1.54) is 11.3 Å².